The summed E-state index contributed by atoms with van der Waals surface area (Å²) in [7, 11) is 0. The molecule has 0 N–H and O–H groups in total. The molecule has 1 aromatic rings. The van der Waals surface area contributed by atoms with E-state index in [4.69, 9.17) is 13.0 Å². The second kappa shape index (κ2) is 11.6. The summed E-state index contributed by atoms with van der Waals surface area (Å²) in [4.78, 5) is 12.1. The molecule has 0 unspecified atom stereocenters. The molecule has 0 saturated carbocycles. The second-order valence-electron chi connectivity index (χ2n) is 5.45. The quantitative estimate of drug-likeness (QED) is 0.258. The van der Waals surface area contributed by atoms with Gasteiger partial charge in [-0.05, 0) is 12.8 Å². The molecule has 116 valence electrons. The largest absolute Gasteiger partial charge is 0.289 e. The average molecular weight is 308 g/mol. The summed E-state index contributed by atoms with van der Waals surface area (Å²) in [5, 5.41) is 0.389. The first-order valence-corrected chi connectivity index (χ1v) is 8.49. The van der Waals surface area contributed by atoms with Crippen molar-refractivity contribution in [2.24, 2.45) is 0 Å². The predicted octanol–water partition coefficient (Wildman–Crippen LogP) is 6.52. The molecule has 0 saturated heterocycles. The molecule has 0 radical (unpaired) electrons. The van der Waals surface area contributed by atoms with Gasteiger partial charge < -0.3 is 0 Å². The first-order valence-electron chi connectivity index (χ1n) is 8.61. The van der Waals surface area contributed by atoms with Gasteiger partial charge in [-0.25, -0.2) is 0 Å². The SMILES string of the molecule is [2H]/C(C(=O)c1ccccc1)=C(\Cl)CCCCCCCCCC. The summed E-state index contributed by atoms with van der Waals surface area (Å²) < 4.78 is 7.91. The molecule has 0 spiro atoms. The average Bonchev–Trinajstić information content (AvgIpc) is 2.56. The molecule has 21 heavy (non-hydrogen) atoms. The highest BCUT2D eigenvalue weighted by Gasteiger charge is 2.03. The highest BCUT2D eigenvalue weighted by Crippen LogP contribution is 2.16. The van der Waals surface area contributed by atoms with Gasteiger partial charge in [0.15, 0.2) is 5.78 Å². The van der Waals surface area contributed by atoms with E-state index < -0.39 is 0 Å². The third-order valence-corrected chi connectivity index (χ3v) is 3.82. The summed E-state index contributed by atoms with van der Waals surface area (Å²) in [6.07, 6.45) is 10.5. The van der Waals surface area contributed by atoms with Gasteiger partial charge in [-0.2, -0.15) is 0 Å². The van der Waals surface area contributed by atoms with Crippen LogP contribution < -0.4 is 0 Å². The lowest BCUT2D eigenvalue weighted by Gasteiger charge is -2.02. The minimum absolute atomic E-state index is 0.0594. The predicted molar refractivity (Wildman–Crippen MR) is 91.9 cm³/mol. The fourth-order valence-corrected chi connectivity index (χ4v) is 2.48. The van der Waals surface area contributed by atoms with Crippen molar-refractivity contribution in [3.63, 3.8) is 0 Å². The van der Waals surface area contributed by atoms with Gasteiger partial charge in [-0.3, -0.25) is 4.79 Å². The van der Waals surface area contributed by atoms with Crippen LogP contribution in [0.3, 0.4) is 0 Å². The van der Waals surface area contributed by atoms with Gasteiger partial charge in [0.25, 0.3) is 0 Å². The van der Waals surface area contributed by atoms with Crippen molar-refractivity contribution < 1.29 is 6.17 Å². The number of allylic oxidation sites excluding steroid dienone is 2. The van der Waals surface area contributed by atoms with E-state index in [1.807, 2.05) is 6.07 Å². The van der Waals surface area contributed by atoms with Gasteiger partial charge in [-0.1, -0.05) is 93.8 Å². The van der Waals surface area contributed by atoms with E-state index in [0.29, 0.717) is 17.0 Å². The molecule has 0 bridgehead atoms. The number of hydrogen-bond donors (Lipinski definition) is 0. The molecule has 1 rings (SSSR count). The second-order valence-corrected chi connectivity index (χ2v) is 5.91. The molecule has 0 fully saturated rings. The number of ketones is 1. The Labute approximate surface area is 135 Å². The Bertz CT molecular complexity index is 468. The van der Waals surface area contributed by atoms with Gasteiger partial charge in [0.2, 0.25) is 0 Å². The van der Waals surface area contributed by atoms with Gasteiger partial charge >= 0.3 is 0 Å². The molecule has 0 aliphatic heterocycles. The zero-order valence-electron chi connectivity index (χ0n) is 14.0. The van der Waals surface area contributed by atoms with Crippen molar-refractivity contribution in [2.75, 3.05) is 0 Å². The number of benzene rings is 1. The summed E-state index contributed by atoms with van der Waals surface area (Å²) in [6.45, 7) is 2.23. The van der Waals surface area contributed by atoms with E-state index in [-0.39, 0.29) is 11.8 Å². The smallest absolute Gasteiger partial charge is 0.186 e. The number of rotatable bonds is 11. The van der Waals surface area contributed by atoms with Crippen LogP contribution in [0, 0.1) is 0 Å². The minimum Gasteiger partial charge on any atom is -0.289 e. The van der Waals surface area contributed by atoms with E-state index in [2.05, 4.69) is 6.92 Å². The Morgan fingerprint density at radius 1 is 1.05 bits per heavy atom. The zero-order chi connectivity index (χ0) is 16.2. The van der Waals surface area contributed by atoms with Crippen molar-refractivity contribution >= 4 is 17.4 Å². The monoisotopic (exact) mass is 307 g/mol. The summed E-state index contributed by atoms with van der Waals surface area (Å²) in [6, 6.07) is 8.83. The Kier molecular flexibility index (Phi) is 8.97. The molecule has 1 nitrogen and oxygen atoms in total. The van der Waals surface area contributed by atoms with Crippen molar-refractivity contribution in [1.29, 1.82) is 0 Å². The molecule has 2 heteroatoms. The first-order chi connectivity index (χ1) is 10.7. The lowest BCUT2D eigenvalue weighted by Crippen LogP contribution is -1.94. The first kappa shape index (κ1) is 16.3. The summed E-state index contributed by atoms with van der Waals surface area (Å²) >= 11 is 6.13. The van der Waals surface area contributed by atoms with Crippen molar-refractivity contribution in [3.8, 4) is 0 Å². The number of unbranched alkanes of at least 4 members (excludes halogenated alkanes) is 7. The zero-order valence-corrected chi connectivity index (χ0v) is 13.8. The highest BCUT2D eigenvalue weighted by molar-refractivity contribution is 6.31. The van der Waals surface area contributed by atoms with Crippen LogP contribution in [0.15, 0.2) is 41.4 Å². The van der Waals surface area contributed by atoms with Crippen LogP contribution in [0.2, 0.25) is 0 Å². The van der Waals surface area contributed by atoms with Crippen LogP contribution in [-0.4, -0.2) is 5.78 Å². The molecule has 0 aliphatic carbocycles. The van der Waals surface area contributed by atoms with Crippen LogP contribution in [0.25, 0.3) is 0 Å². The number of hydrogen-bond acceptors (Lipinski definition) is 1. The van der Waals surface area contributed by atoms with E-state index in [1.54, 1.807) is 24.3 Å². The van der Waals surface area contributed by atoms with Crippen LogP contribution in [0.1, 0.15) is 76.4 Å². The van der Waals surface area contributed by atoms with Crippen molar-refractivity contribution in [3.05, 3.63) is 47.0 Å². The molecule has 0 aliphatic rings. The van der Waals surface area contributed by atoms with Crippen LogP contribution in [-0.2, 0) is 0 Å². The molecule has 1 aromatic carbocycles. The third-order valence-electron chi connectivity index (χ3n) is 3.53. The number of carbonyl (C=O) groups excluding carboxylic acids is 1. The lowest BCUT2D eigenvalue weighted by molar-refractivity contribution is 0.104. The summed E-state index contributed by atoms with van der Waals surface area (Å²) in [5.74, 6) is -0.287. The van der Waals surface area contributed by atoms with Gasteiger partial charge in [-0.15, -0.1) is 0 Å². The third kappa shape index (κ3) is 8.72. The topological polar surface area (TPSA) is 17.1 Å². The van der Waals surface area contributed by atoms with E-state index in [0.717, 1.165) is 12.8 Å². The fourth-order valence-electron chi connectivity index (χ4n) is 2.26. The van der Waals surface area contributed by atoms with Crippen molar-refractivity contribution in [1.82, 2.24) is 0 Å². The molecule has 0 amide bonds. The normalized spacial score (nSPS) is 12.8. The van der Waals surface area contributed by atoms with Crippen LogP contribution >= 0.6 is 11.6 Å². The maximum atomic E-state index is 12.1. The van der Waals surface area contributed by atoms with Crippen LogP contribution in [0.4, 0.5) is 0 Å². The summed E-state index contributed by atoms with van der Waals surface area (Å²) in [5.41, 5.74) is 0.529. The minimum atomic E-state index is -0.287. The van der Waals surface area contributed by atoms with Gasteiger partial charge in [0.1, 0.15) is 0 Å². The van der Waals surface area contributed by atoms with Crippen molar-refractivity contribution in [2.45, 2.75) is 64.7 Å². The Hall–Kier alpha value is -1.08. The van der Waals surface area contributed by atoms with Gasteiger partial charge in [0, 0.05) is 16.6 Å². The standard InChI is InChI=1S/C19H27ClO/c1-2-3-4-5-6-7-8-12-15-18(20)16-19(21)17-13-10-9-11-14-17/h9-11,13-14,16H,2-8,12,15H2,1H3/b18-16+/i16D. The van der Waals surface area contributed by atoms with E-state index >= 15 is 0 Å². The highest BCUT2D eigenvalue weighted by atomic mass is 35.5. The van der Waals surface area contributed by atoms with E-state index in [9.17, 15) is 4.79 Å². The molecule has 0 heterocycles. The number of halogens is 1. The Morgan fingerprint density at radius 2 is 1.62 bits per heavy atom. The van der Waals surface area contributed by atoms with Crippen LogP contribution in [0.5, 0.6) is 0 Å². The maximum Gasteiger partial charge on any atom is 0.186 e. The molecule has 0 aromatic heterocycles. The van der Waals surface area contributed by atoms with Gasteiger partial charge in [0.05, 0.1) is 1.37 Å². The maximum absolute atomic E-state index is 12.1. The Balaban J connectivity index is 2.28. The Morgan fingerprint density at radius 3 is 2.24 bits per heavy atom. The molecular weight excluding hydrogens is 280 g/mol. The number of carbonyl (C=O) groups is 1. The molecule has 0 atom stereocenters. The van der Waals surface area contributed by atoms with E-state index in [1.165, 1.54) is 38.5 Å². The fraction of sp³-hybridized carbons (Fsp3) is 0.526. The lowest BCUT2D eigenvalue weighted by atomic mass is 10.1. The molecular formula is C19H27ClO.